The average Bonchev–Trinajstić information content (AvgIpc) is 3.09. The normalized spacial score (nSPS) is 20.3. The third-order valence-electron chi connectivity index (χ3n) is 4.57. The molecule has 3 rings (SSSR count). The van der Waals surface area contributed by atoms with Gasteiger partial charge in [-0.15, -0.1) is 0 Å². The Morgan fingerprint density at radius 3 is 2.79 bits per heavy atom. The molecule has 1 amide bonds. The second-order valence-electron chi connectivity index (χ2n) is 5.89. The number of benzene rings is 1. The maximum atomic E-state index is 12.3. The van der Waals surface area contributed by atoms with Gasteiger partial charge in [-0.3, -0.25) is 4.79 Å². The van der Waals surface area contributed by atoms with E-state index in [9.17, 15) is 4.79 Å². The zero-order valence-corrected chi connectivity index (χ0v) is 11.5. The molecule has 1 saturated carbocycles. The maximum Gasteiger partial charge on any atom is 0.251 e. The van der Waals surface area contributed by atoms with Gasteiger partial charge in [-0.05, 0) is 48.9 Å². The average molecular weight is 258 g/mol. The van der Waals surface area contributed by atoms with E-state index < -0.39 is 0 Å². The van der Waals surface area contributed by atoms with Crippen LogP contribution in [-0.4, -0.2) is 11.9 Å². The van der Waals surface area contributed by atoms with Crippen molar-refractivity contribution in [1.82, 2.24) is 10.6 Å². The lowest BCUT2D eigenvalue weighted by Crippen LogP contribution is -2.37. The van der Waals surface area contributed by atoms with Crippen LogP contribution in [-0.2, 0) is 13.1 Å². The first-order chi connectivity index (χ1) is 9.24. The Hall–Kier alpha value is -1.35. The summed E-state index contributed by atoms with van der Waals surface area (Å²) >= 11 is 0. The van der Waals surface area contributed by atoms with Gasteiger partial charge in [0.2, 0.25) is 0 Å². The zero-order chi connectivity index (χ0) is 13.2. The molecule has 1 heterocycles. The fourth-order valence-corrected chi connectivity index (χ4v) is 3.30. The van der Waals surface area contributed by atoms with Crippen LogP contribution in [0, 0.1) is 5.92 Å². The summed E-state index contributed by atoms with van der Waals surface area (Å²) in [6, 6.07) is 6.35. The van der Waals surface area contributed by atoms with Crippen molar-refractivity contribution in [2.45, 2.75) is 51.7 Å². The fourth-order valence-electron chi connectivity index (χ4n) is 3.30. The van der Waals surface area contributed by atoms with Crippen molar-refractivity contribution in [2.75, 3.05) is 0 Å². The van der Waals surface area contributed by atoms with Gasteiger partial charge in [0, 0.05) is 24.7 Å². The first kappa shape index (κ1) is 12.7. The molecule has 1 aliphatic carbocycles. The van der Waals surface area contributed by atoms with Crippen LogP contribution in [0.3, 0.4) is 0 Å². The lowest BCUT2D eigenvalue weighted by atomic mass is 9.99. The molecule has 1 aliphatic heterocycles. The van der Waals surface area contributed by atoms with Crippen LogP contribution in [0.5, 0.6) is 0 Å². The number of carbonyl (C=O) groups is 1. The van der Waals surface area contributed by atoms with Crippen LogP contribution >= 0.6 is 0 Å². The molecule has 2 N–H and O–H groups in total. The molecule has 0 unspecified atom stereocenters. The Bertz CT molecular complexity index is 478. The minimum atomic E-state index is 0.0779. The van der Waals surface area contributed by atoms with Crippen molar-refractivity contribution in [3.05, 3.63) is 34.9 Å². The second-order valence-corrected chi connectivity index (χ2v) is 5.89. The second kappa shape index (κ2) is 5.33. The van der Waals surface area contributed by atoms with Gasteiger partial charge in [0.1, 0.15) is 0 Å². The van der Waals surface area contributed by atoms with Crippen LogP contribution in [0.15, 0.2) is 18.2 Å². The summed E-state index contributed by atoms with van der Waals surface area (Å²) in [7, 11) is 0. The smallest absolute Gasteiger partial charge is 0.251 e. The predicted octanol–water partition coefficient (Wildman–Crippen LogP) is 2.60. The van der Waals surface area contributed by atoms with Gasteiger partial charge in [0.25, 0.3) is 5.91 Å². The van der Waals surface area contributed by atoms with Gasteiger partial charge >= 0.3 is 0 Å². The van der Waals surface area contributed by atoms with Gasteiger partial charge in [0.15, 0.2) is 0 Å². The van der Waals surface area contributed by atoms with Crippen LogP contribution in [0.25, 0.3) is 0 Å². The minimum absolute atomic E-state index is 0.0779. The van der Waals surface area contributed by atoms with E-state index in [4.69, 9.17) is 0 Å². The highest BCUT2D eigenvalue weighted by molar-refractivity contribution is 5.94. The van der Waals surface area contributed by atoms with E-state index in [1.54, 1.807) is 0 Å². The Morgan fingerprint density at radius 1 is 1.26 bits per heavy atom. The highest BCUT2D eigenvalue weighted by Crippen LogP contribution is 2.27. The van der Waals surface area contributed by atoms with Crippen LogP contribution in [0.1, 0.15) is 54.1 Å². The molecule has 1 atom stereocenters. The number of carbonyl (C=O) groups excluding carboxylic acids is 1. The van der Waals surface area contributed by atoms with Crippen molar-refractivity contribution in [1.29, 1.82) is 0 Å². The molecular formula is C16H22N2O. The number of amides is 1. The third-order valence-corrected chi connectivity index (χ3v) is 4.57. The molecule has 1 fully saturated rings. The number of rotatable bonds is 3. The van der Waals surface area contributed by atoms with E-state index in [1.165, 1.54) is 36.8 Å². The van der Waals surface area contributed by atoms with Gasteiger partial charge in [-0.2, -0.15) is 0 Å². The highest BCUT2D eigenvalue weighted by atomic mass is 16.1. The molecule has 0 spiro atoms. The summed E-state index contributed by atoms with van der Waals surface area (Å²) in [6.45, 7) is 3.95. The number of nitrogens with one attached hydrogen (secondary N) is 2. The summed E-state index contributed by atoms with van der Waals surface area (Å²) in [5.41, 5.74) is 3.38. The maximum absolute atomic E-state index is 12.3. The van der Waals surface area contributed by atoms with E-state index >= 15 is 0 Å². The Labute approximate surface area is 114 Å². The number of fused-ring (bicyclic) bond motifs is 1. The summed E-state index contributed by atoms with van der Waals surface area (Å²) in [5, 5.41) is 6.48. The van der Waals surface area contributed by atoms with E-state index in [1.807, 2.05) is 12.1 Å². The van der Waals surface area contributed by atoms with Crippen LogP contribution < -0.4 is 10.6 Å². The Balaban J connectivity index is 1.66. The number of hydrogen-bond acceptors (Lipinski definition) is 2. The molecule has 1 aromatic carbocycles. The van der Waals surface area contributed by atoms with Crippen molar-refractivity contribution in [3.8, 4) is 0 Å². The standard InChI is InChI=1S/C16H22N2O/c1-11(12-4-2-3-5-12)18-16(19)13-6-7-14-9-17-10-15(14)8-13/h6-8,11-12,17H,2-5,9-10H2,1H3,(H,18,19)/t11-/m1/s1. The lowest BCUT2D eigenvalue weighted by Gasteiger charge is -2.20. The molecule has 3 heteroatoms. The summed E-state index contributed by atoms with van der Waals surface area (Å²) < 4.78 is 0. The largest absolute Gasteiger partial charge is 0.349 e. The predicted molar refractivity (Wildman–Crippen MR) is 75.9 cm³/mol. The molecule has 102 valence electrons. The van der Waals surface area contributed by atoms with Crippen molar-refractivity contribution in [2.24, 2.45) is 5.92 Å². The molecule has 1 aromatic rings. The van der Waals surface area contributed by atoms with Gasteiger partial charge < -0.3 is 10.6 Å². The van der Waals surface area contributed by atoms with Crippen molar-refractivity contribution < 1.29 is 4.79 Å². The topological polar surface area (TPSA) is 41.1 Å². The first-order valence-electron chi connectivity index (χ1n) is 7.37. The lowest BCUT2D eigenvalue weighted by molar-refractivity contribution is 0.0927. The van der Waals surface area contributed by atoms with Crippen molar-refractivity contribution >= 4 is 5.91 Å². The van der Waals surface area contributed by atoms with E-state index in [2.05, 4.69) is 23.6 Å². The fraction of sp³-hybridized carbons (Fsp3) is 0.562. The van der Waals surface area contributed by atoms with Gasteiger partial charge in [-0.25, -0.2) is 0 Å². The Morgan fingerprint density at radius 2 is 2.00 bits per heavy atom. The molecule has 2 aliphatic rings. The summed E-state index contributed by atoms with van der Waals surface area (Å²) in [5.74, 6) is 0.745. The summed E-state index contributed by atoms with van der Waals surface area (Å²) in [6.07, 6.45) is 5.15. The van der Waals surface area contributed by atoms with Crippen LogP contribution in [0.4, 0.5) is 0 Å². The first-order valence-corrected chi connectivity index (χ1v) is 7.37. The zero-order valence-electron chi connectivity index (χ0n) is 11.5. The van der Waals surface area contributed by atoms with E-state index in [0.29, 0.717) is 12.0 Å². The monoisotopic (exact) mass is 258 g/mol. The third kappa shape index (κ3) is 2.66. The molecular weight excluding hydrogens is 236 g/mol. The minimum Gasteiger partial charge on any atom is -0.349 e. The highest BCUT2D eigenvalue weighted by Gasteiger charge is 2.23. The molecule has 3 nitrogen and oxygen atoms in total. The molecule has 0 saturated heterocycles. The van der Waals surface area contributed by atoms with Crippen LogP contribution in [0.2, 0.25) is 0 Å². The molecule has 0 bridgehead atoms. The molecule has 0 aromatic heterocycles. The van der Waals surface area contributed by atoms with Crippen molar-refractivity contribution in [3.63, 3.8) is 0 Å². The number of hydrogen-bond donors (Lipinski definition) is 2. The van der Waals surface area contributed by atoms with Gasteiger partial charge in [-0.1, -0.05) is 18.9 Å². The van der Waals surface area contributed by atoms with E-state index in [0.717, 1.165) is 18.7 Å². The van der Waals surface area contributed by atoms with Gasteiger partial charge in [0.05, 0.1) is 0 Å². The quantitative estimate of drug-likeness (QED) is 0.875. The Kier molecular flexibility index (Phi) is 3.56. The van der Waals surface area contributed by atoms with E-state index in [-0.39, 0.29) is 5.91 Å². The molecule has 19 heavy (non-hydrogen) atoms. The molecule has 0 radical (unpaired) electrons. The SMILES string of the molecule is C[C@@H](NC(=O)c1ccc2c(c1)CNC2)C1CCCC1. The summed E-state index contributed by atoms with van der Waals surface area (Å²) in [4.78, 5) is 12.3.